The molecule has 1 aliphatic carbocycles. The van der Waals surface area contributed by atoms with Crippen molar-refractivity contribution in [3.05, 3.63) is 83.7 Å². The topological polar surface area (TPSA) is 129 Å². The second-order valence-corrected chi connectivity index (χ2v) is 12.3. The molecule has 9 nitrogen and oxygen atoms in total. The summed E-state index contributed by atoms with van der Waals surface area (Å²) in [4.78, 5) is 35.7. The molecule has 0 radical (unpaired) electrons. The van der Waals surface area contributed by atoms with Gasteiger partial charge in [-0.1, -0.05) is 71.9 Å². The van der Waals surface area contributed by atoms with E-state index in [-0.39, 0.29) is 53.2 Å². The van der Waals surface area contributed by atoms with Gasteiger partial charge in [0.2, 0.25) is 0 Å². The van der Waals surface area contributed by atoms with Crippen LogP contribution in [0.4, 0.5) is 0 Å². The third-order valence-electron chi connectivity index (χ3n) is 10.1. The number of rotatable bonds is 5. The van der Waals surface area contributed by atoms with Crippen molar-refractivity contribution in [2.45, 2.75) is 66.0 Å². The molecule has 6 atom stereocenters. The molecule has 2 aromatic heterocycles. The van der Waals surface area contributed by atoms with Crippen LogP contribution in [0.5, 0.6) is 0 Å². The average molecular weight is 631 g/mol. The SMILES string of the molecule is C#C[C@@H]1C(C)=C2/C=C3\[N-]C(C4=c5[n-]/c(c(C)c5[C@H](O)[C@@H]4C(=O)OC)=C\c4[n-]c(c(C)c4CC)/C=C/1[N-]2)[C@@H](CCC(=O)OC)[C@@H]3C.[Mg+2]. The number of allylic oxidation sites excluding steroid dienone is 3. The normalized spacial score (nSPS) is 28.8. The molecule has 1 N–H and O–H groups in total. The van der Waals surface area contributed by atoms with Crippen molar-refractivity contribution in [1.82, 2.24) is 9.97 Å². The van der Waals surface area contributed by atoms with E-state index in [2.05, 4.69) is 26.7 Å². The minimum atomic E-state index is -1.15. The largest absolute Gasteiger partial charge is 2.00 e. The van der Waals surface area contributed by atoms with Crippen molar-refractivity contribution in [1.29, 1.82) is 0 Å². The van der Waals surface area contributed by atoms with Gasteiger partial charge in [-0.2, -0.15) is 5.70 Å². The quantitative estimate of drug-likeness (QED) is 0.305. The molecule has 1 fully saturated rings. The van der Waals surface area contributed by atoms with Gasteiger partial charge in [0.05, 0.1) is 20.3 Å². The minimum absolute atomic E-state index is 0. The van der Waals surface area contributed by atoms with Crippen LogP contribution in [0, 0.1) is 49.9 Å². The summed E-state index contributed by atoms with van der Waals surface area (Å²) in [6.07, 6.45) is 12.2. The molecule has 46 heavy (non-hydrogen) atoms. The van der Waals surface area contributed by atoms with Gasteiger partial charge in [-0.15, -0.1) is 39.9 Å². The number of aromatic nitrogens is 2. The number of terminal acetylenes is 1. The van der Waals surface area contributed by atoms with Crippen molar-refractivity contribution in [2.75, 3.05) is 14.2 Å². The summed E-state index contributed by atoms with van der Waals surface area (Å²) >= 11 is 0. The third kappa shape index (κ3) is 5.22. The van der Waals surface area contributed by atoms with Gasteiger partial charge < -0.3 is 35.2 Å². The predicted octanol–water partition coefficient (Wildman–Crippen LogP) is 3.33. The van der Waals surface area contributed by atoms with Crippen molar-refractivity contribution in [3.8, 4) is 12.3 Å². The second kappa shape index (κ2) is 12.9. The summed E-state index contributed by atoms with van der Waals surface area (Å²) in [7, 11) is 2.69. The Morgan fingerprint density at radius 3 is 2.41 bits per heavy atom. The first-order valence-corrected chi connectivity index (χ1v) is 15.4. The molecule has 4 aliphatic rings. The van der Waals surface area contributed by atoms with Crippen LogP contribution in [0.25, 0.3) is 28.4 Å². The molecule has 0 aromatic carbocycles. The van der Waals surface area contributed by atoms with E-state index in [0.717, 1.165) is 57.2 Å². The molecule has 1 saturated heterocycles. The van der Waals surface area contributed by atoms with Gasteiger partial charge in [0.1, 0.15) is 5.92 Å². The Balaban J connectivity index is 0.00000417. The van der Waals surface area contributed by atoms with Gasteiger partial charge in [0.25, 0.3) is 0 Å². The monoisotopic (exact) mass is 630 g/mol. The van der Waals surface area contributed by atoms with Gasteiger partial charge in [-0.05, 0) is 51.0 Å². The third-order valence-corrected chi connectivity index (χ3v) is 10.1. The zero-order chi connectivity index (χ0) is 32.3. The van der Waals surface area contributed by atoms with E-state index in [1.165, 1.54) is 14.2 Å². The summed E-state index contributed by atoms with van der Waals surface area (Å²) in [5, 5.41) is 23.2. The predicted molar refractivity (Wildman–Crippen MR) is 176 cm³/mol. The summed E-state index contributed by atoms with van der Waals surface area (Å²) < 4.78 is 10.2. The summed E-state index contributed by atoms with van der Waals surface area (Å²) in [6.45, 7) is 10.1. The van der Waals surface area contributed by atoms with Gasteiger partial charge in [0, 0.05) is 12.3 Å². The van der Waals surface area contributed by atoms with Crippen LogP contribution >= 0.6 is 0 Å². The Morgan fingerprint density at radius 2 is 1.76 bits per heavy atom. The fraction of sp³-hybridized carbons (Fsp3) is 0.444. The fourth-order valence-electron chi connectivity index (χ4n) is 7.50. The number of nitrogens with zero attached hydrogens (tertiary/aromatic N) is 4. The van der Waals surface area contributed by atoms with Crippen molar-refractivity contribution < 1.29 is 24.2 Å². The number of fused-ring (bicyclic) bond motifs is 8. The van der Waals surface area contributed by atoms with Gasteiger partial charge in [-0.3, -0.25) is 9.59 Å². The minimum Gasteiger partial charge on any atom is -0.681 e. The molecule has 0 amide bonds. The van der Waals surface area contributed by atoms with Crippen molar-refractivity contribution in [2.24, 2.45) is 23.7 Å². The molecule has 3 aliphatic heterocycles. The molecule has 0 saturated carbocycles. The van der Waals surface area contributed by atoms with Gasteiger partial charge in [0.15, 0.2) is 0 Å². The number of aliphatic hydroxyl groups excluding tert-OH is 1. The first-order chi connectivity index (χ1) is 21.5. The van der Waals surface area contributed by atoms with E-state index in [4.69, 9.17) is 36.5 Å². The molecular weight excluding hydrogens is 593 g/mol. The van der Waals surface area contributed by atoms with Crippen LogP contribution in [-0.2, 0) is 25.5 Å². The van der Waals surface area contributed by atoms with Crippen LogP contribution in [-0.4, -0.2) is 60.4 Å². The zero-order valence-corrected chi connectivity index (χ0v) is 28.9. The standard InChI is InChI=1S/C36H38N4O5.Mg/c1-9-20-16(3)23-13-25-18(5)22(11-12-29(41)44-7)33(39-25)31-32(36(43)45-8)35(42)30-19(6)26(40-34(30)31)15-28-21(10-2)17(4)24(38-28)14-27(20)37-23;/h1,13-15,18,20,22,32-33,35,42H,10-12H2,2-8H3;/q-4;+2/b25-13-,26-15-,27-14-;/t18-,20+,22-,32+,33?,35-;/m0./s1. The number of hydrogen-bond donors (Lipinski definition) is 1. The number of methoxy groups -OCH3 is 2. The van der Waals surface area contributed by atoms with E-state index >= 15 is 0 Å². The molecular formula is C36H38MgN4O5-2. The smallest absolute Gasteiger partial charge is 0.681 e. The number of esters is 2. The first-order valence-electron chi connectivity index (χ1n) is 15.4. The van der Waals surface area contributed by atoms with Crippen LogP contribution in [0.1, 0.15) is 73.4 Å². The van der Waals surface area contributed by atoms with Crippen molar-refractivity contribution >= 4 is 52.7 Å². The second-order valence-electron chi connectivity index (χ2n) is 12.3. The first kappa shape index (κ1) is 33.7. The summed E-state index contributed by atoms with van der Waals surface area (Å²) in [5.74, 6) is 0.465. The maximum atomic E-state index is 13.3. The summed E-state index contributed by atoms with van der Waals surface area (Å²) in [6, 6.07) is -0.538. The van der Waals surface area contributed by atoms with E-state index < -0.39 is 24.0 Å². The maximum Gasteiger partial charge on any atom is 2.00 e. The number of hydrogen-bond acceptors (Lipinski definition) is 5. The molecule has 10 heteroatoms. The van der Waals surface area contributed by atoms with Crippen LogP contribution in [0.2, 0.25) is 0 Å². The molecule has 8 bridgehead atoms. The number of carbonyl (C=O) groups is 2. The Hall–Kier alpha value is -3.65. The number of ether oxygens (including phenoxy) is 2. The van der Waals surface area contributed by atoms with Gasteiger partial charge in [-0.25, -0.2) is 0 Å². The molecule has 2 aromatic rings. The maximum absolute atomic E-state index is 13.3. The molecule has 0 spiro atoms. The fourth-order valence-corrected chi connectivity index (χ4v) is 7.50. The number of aliphatic hydroxyl groups is 1. The Labute approximate surface area is 285 Å². The van der Waals surface area contributed by atoms with Crippen LogP contribution in [0.15, 0.2) is 28.7 Å². The van der Waals surface area contributed by atoms with Crippen LogP contribution in [0.3, 0.4) is 0 Å². The van der Waals surface area contributed by atoms with Gasteiger partial charge >= 0.3 is 35.0 Å². The Bertz CT molecular complexity index is 1870. The molecule has 236 valence electrons. The average Bonchev–Trinajstić information content (AvgIpc) is 3.76. The van der Waals surface area contributed by atoms with Crippen molar-refractivity contribution in [3.63, 3.8) is 0 Å². The van der Waals surface area contributed by atoms with E-state index in [0.29, 0.717) is 28.3 Å². The van der Waals surface area contributed by atoms with E-state index in [9.17, 15) is 14.7 Å². The van der Waals surface area contributed by atoms with Crippen LogP contribution < -0.4 is 20.7 Å². The summed E-state index contributed by atoms with van der Waals surface area (Å²) in [5.41, 5.74) is 8.98. The number of carbonyl (C=O) groups excluding carboxylic acids is 2. The Morgan fingerprint density at radius 1 is 1.02 bits per heavy atom. The zero-order valence-electron chi connectivity index (χ0n) is 27.5. The molecule has 1 unspecified atom stereocenters. The molecule has 5 heterocycles. The molecule has 6 rings (SSSR count). The van der Waals surface area contributed by atoms with E-state index in [1.807, 2.05) is 32.1 Å². The van der Waals surface area contributed by atoms with E-state index in [1.54, 1.807) is 0 Å². The Kier molecular flexibility index (Phi) is 9.42.